The number of rotatable bonds is 5. The van der Waals surface area contributed by atoms with E-state index in [9.17, 15) is 10.1 Å². The molecule has 0 atom stereocenters. The van der Waals surface area contributed by atoms with Gasteiger partial charge in [0.2, 0.25) is 5.88 Å². The van der Waals surface area contributed by atoms with Gasteiger partial charge in [0.25, 0.3) is 0 Å². The number of carbonyl (C=O) groups is 1. The molecule has 0 aliphatic carbocycles. The number of nitrogens with zero attached hydrogens (tertiary/aromatic N) is 3. The fourth-order valence-corrected chi connectivity index (χ4v) is 3.70. The Balaban J connectivity index is 2.30. The smallest absolute Gasteiger partial charge is 0.234 e. The summed E-state index contributed by atoms with van der Waals surface area (Å²) in [6, 6.07) is 11.6. The Morgan fingerprint density at radius 3 is 2.79 bits per heavy atom. The Hall–Kier alpha value is -2.52. The molecule has 0 amide bonds. The van der Waals surface area contributed by atoms with Gasteiger partial charge in [0.05, 0.1) is 18.0 Å². The van der Waals surface area contributed by atoms with E-state index in [1.54, 1.807) is 11.8 Å². The summed E-state index contributed by atoms with van der Waals surface area (Å²) in [7, 11) is 0. The number of ether oxygens (including phenoxy) is 1. The highest BCUT2D eigenvalue weighted by molar-refractivity contribution is 7.99. The molecule has 1 aliphatic heterocycles. The van der Waals surface area contributed by atoms with E-state index in [0.29, 0.717) is 29.1 Å². The highest BCUT2D eigenvalue weighted by Gasteiger charge is 2.26. The average Bonchev–Trinajstić information content (AvgIpc) is 3.16. The van der Waals surface area contributed by atoms with Crippen LogP contribution in [0.25, 0.3) is 11.1 Å². The number of aldehydes is 1. The predicted octanol–water partition coefficient (Wildman–Crippen LogP) is 3.34. The largest absolute Gasteiger partial charge is 0.477 e. The zero-order valence-electron chi connectivity index (χ0n) is 13.4. The Morgan fingerprint density at radius 1 is 1.42 bits per heavy atom. The molecule has 6 heteroatoms. The number of aromatic nitrogens is 1. The SMILES string of the molecule is CCOc1nc(N2CCSC2)c(C=O)c(-c2ccccc2)c1C#N. The fourth-order valence-electron chi connectivity index (χ4n) is 2.75. The molecule has 24 heavy (non-hydrogen) atoms. The van der Waals surface area contributed by atoms with Gasteiger partial charge in [-0.15, -0.1) is 11.8 Å². The summed E-state index contributed by atoms with van der Waals surface area (Å²) < 4.78 is 5.61. The molecule has 2 aromatic rings. The van der Waals surface area contributed by atoms with Crippen molar-refractivity contribution in [3.8, 4) is 23.1 Å². The number of benzene rings is 1. The molecule has 0 saturated carbocycles. The Morgan fingerprint density at radius 2 is 2.21 bits per heavy atom. The maximum atomic E-state index is 11.9. The zero-order valence-corrected chi connectivity index (χ0v) is 14.2. The van der Waals surface area contributed by atoms with Crippen molar-refractivity contribution in [3.63, 3.8) is 0 Å². The standard InChI is InChI=1S/C18H17N3O2S/c1-2-23-18-14(10-19)16(13-6-4-3-5-7-13)15(11-22)17(20-18)21-8-9-24-12-21/h3-7,11H,2,8-9,12H2,1H3. The van der Waals surface area contributed by atoms with Gasteiger partial charge < -0.3 is 9.64 Å². The van der Waals surface area contributed by atoms with Crippen molar-refractivity contribution in [2.24, 2.45) is 0 Å². The van der Waals surface area contributed by atoms with Gasteiger partial charge in [0, 0.05) is 17.9 Å². The van der Waals surface area contributed by atoms with Crippen LogP contribution in [-0.2, 0) is 0 Å². The minimum absolute atomic E-state index is 0.288. The number of hydrogen-bond donors (Lipinski definition) is 0. The summed E-state index contributed by atoms with van der Waals surface area (Å²) in [5, 5.41) is 9.66. The van der Waals surface area contributed by atoms with Crippen LogP contribution in [0.1, 0.15) is 22.8 Å². The van der Waals surface area contributed by atoms with Gasteiger partial charge in [-0.1, -0.05) is 30.3 Å². The monoisotopic (exact) mass is 339 g/mol. The van der Waals surface area contributed by atoms with Crippen molar-refractivity contribution < 1.29 is 9.53 Å². The normalized spacial score (nSPS) is 13.6. The van der Waals surface area contributed by atoms with Gasteiger partial charge in [-0.3, -0.25) is 4.79 Å². The third-order valence-electron chi connectivity index (χ3n) is 3.81. The minimum atomic E-state index is 0.288. The summed E-state index contributed by atoms with van der Waals surface area (Å²) in [6.45, 7) is 3.08. The van der Waals surface area contributed by atoms with Crippen LogP contribution < -0.4 is 9.64 Å². The molecule has 0 radical (unpaired) electrons. The van der Waals surface area contributed by atoms with E-state index in [2.05, 4.69) is 16.0 Å². The van der Waals surface area contributed by atoms with E-state index >= 15 is 0 Å². The van der Waals surface area contributed by atoms with Crippen molar-refractivity contribution >= 4 is 23.9 Å². The van der Waals surface area contributed by atoms with E-state index < -0.39 is 0 Å². The lowest BCUT2D eigenvalue weighted by Gasteiger charge is -2.22. The maximum Gasteiger partial charge on any atom is 0.234 e. The van der Waals surface area contributed by atoms with Crippen molar-refractivity contribution in [1.82, 2.24) is 4.98 Å². The first kappa shape index (κ1) is 16.3. The molecule has 0 bridgehead atoms. The van der Waals surface area contributed by atoms with Gasteiger partial charge in [-0.05, 0) is 12.5 Å². The molecule has 0 spiro atoms. The van der Waals surface area contributed by atoms with E-state index in [4.69, 9.17) is 4.74 Å². The Bertz CT molecular complexity index is 781. The Kier molecular flexibility index (Phi) is 5.02. The summed E-state index contributed by atoms with van der Waals surface area (Å²) >= 11 is 1.79. The van der Waals surface area contributed by atoms with E-state index in [1.807, 2.05) is 37.3 Å². The number of hydrogen-bond acceptors (Lipinski definition) is 6. The molecular formula is C18H17N3O2S. The van der Waals surface area contributed by atoms with Crippen molar-refractivity contribution in [3.05, 3.63) is 41.5 Å². The first-order chi connectivity index (χ1) is 11.8. The molecule has 3 rings (SSSR count). The first-order valence-electron chi connectivity index (χ1n) is 7.74. The highest BCUT2D eigenvalue weighted by atomic mass is 32.2. The van der Waals surface area contributed by atoms with E-state index in [1.165, 1.54) is 0 Å². The van der Waals surface area contributed by atoms with Crippen molar-refractivity contribution in [2.75, 3.05) is 29.7 Å². The first-order valence-corrected chi connectivity index (χ1v) is 8.89. The summed E-state index contributed by atoms with van der Waals surface area (Å²) in [5.74, 6) is 2.65. The molecule has 122 valence electrons. The lowest BCUT2D eigenvalue weighted by atomic mass is 9.96. The van der Waals surface area contributed by atoms with E-state index in [0.717, 1.165) is 30.0 Å². The third-order valence-corrected chi connectivity index (χ3v) is 4.77. The quantitative estimate of drug-likeness (QED) is 0.778. The van der Waals surface area contributed by atoms with Crippen LogP contribution in [0.15, 0.2) is 30.3 Å². The van der Waals surface area contributed by atoms with Gasteiger partial charge in [0.1, 0.15) is 17.5 Å². The van der Waals surface area contributed by atoms with E-state index in [-0.39, 0.29) is 5.88 Å². The van der Waals surface area contributed by atoms with Crippen LogP contribution in [0, 0.1) is 11.3 Å². The summed E-state index contributed by atoms with van der Waals surface area (Å²) in [5.41, 5.74) is 2.16. The number of pyridine rings is 1. The lowest BCUT2D eigenvalue weighted by molar-refractivity contribution is 0.112. The zero-order chi connectivity index (χ0) is 16.9. The molecule has 5 nitrogen and oxygen atoms in total. The summed E-state index contributed by atoms with van der Waals surface area (Å²) in [6.07, 6.45) is 0.796. The topological polar surface area (TPSA) is 66.2 Å². The van der Waals surface area contributed by atoms with Gasteiger partial charge in [-0.2, -0.15) is 10.2 Å². The van der Waals surface area contributed by atoms with Crippen LogP contribution in [-0.4, -0.2) is 36.1 Å². The second-order valence-electron chi connectivity index (χ2n) is 5.23. The number of thioether (sulfide) groups is 1. The second-order valence-corrected chi connectivity index (χ2v) is 6.31. The van der Waals surface area contributed by atoms with Crippen LogP contribution in [0.3, 0.4) is 0 Å². The van der Waals surface area contributed by atoms with Crippen LogP contribution in [0.5, 0.6) is 5.88 Å². The van der Waals surface area contributed by atoms with Gasteiger partial charge in [-0.25, -0.2) is 0 Å². The van der Waals surface area contributed by atoms with Gasteiger partial charge in [0.15, 0.2) is 6.29 Å². The molecule has 1 aliphatic rings. The molecule has 1 aromatic carbocycles. The molecule has 2 heterocycles. The van der Waals surface area contributed by atoms with Crippen LogP contribution in [0.2, 0.25) is 0 Å². The second kappa shape index (κ2) is 7.37. The van der Waals surface area contributed by atoms with Crippen molar-refractivity contribution in [1.29, 1.82) is 5.26 Å². The van der Waals surface area contributed by atoms with Gasteiger partial charge >= 0.3 is 0 Å². The molecule has 1 aromatic heterocycles. The van der Waals surface area contributed by atoms with Crippen molar-refractivity contribution in [2.45, 2.75) is 6.92 Å². The summed E-state index contributed by atoms with van der Waals surface area (Å²) in [4.78, 5) is 18.5. The molecule has 1 saturated heterocycles. The maximum absolute atomic E-state index is 11.9. The van der Waals surface area contributed by atoms with Crippen LogP contribution >= 0.6 is 11.8 Å². The average molecular weight is 339 g/mol. The molecule has 0 N–H and O–H groups in total. The molecular weight excluding hydrogens is 322 g/mol. The highest BCUT2D eigenvalue weighted by Crippen LogP contribution is 2.38. The lowest BCUT2D eigenvalue weighted by Crippen LogP contribution is -2.22. The predicted molar refractivity (Wildman–Crippen MR) is 95.6 cm³/mol. The third kappa shape index (κ3) is 2.95. The van der Waals surface area contributed by atoms with Crippen LogP contribution in [0.4, 0.5) is 5.82 Å². The fraction of sp³-hybridized carbons (Fsp3) is 0.278. The Labute approximate surface area is 145 Å². The number of nitriles is 1. The number of anilines is 1. The minimum Gasteiger partial charge on any atom is -0.477 e. The molecule has 1 fully saturated rings. The number of carbonyl (C=O) groups excluding carboxylic acids is 1. The molecule has 0 unspecified atom stereocenters.